The maximum atomic E-state index is 12.6. The van der Waals surface area contributed by atoms with Crippen molar-refractivity contribution in [2.24, 2.45) is 0 Å². The third-order valence-corrected chi connectivity index (χ3v) is 4.12. The van der Waals surface area contributed by atoms with E-state index in [0.29, 0.717) is 22.8 Å². The largest absolute Gasteiger partial charge is 0.493 e. The quantitative estimate of drug-likeness (QED) is 0.514. The number of amides is 1. The molecule has 0 aromatic heterocycles. The van der Waals surface area contributed by atoms with Gasteiger partial charge < -0.3 is 29.0 Å². The second kappa shape index (κ2) is 10.1. The maximum absolute atomic E-state index is 12.6. The Balaban J connectivity index is 2.08. The molecule has 0 heterocycles. The van der Waals surface area contributed by atoms with Gasteiger partial charge in [0.15, 0.2) is 11.5 Å². The van der Waals surface area contributed by atoms with Gasteiger partial charge in [0.05, 0.1) is 34.0 Å². The van der Waals surface area contributed by atoms with E-state index in [9.17, 15) is 14.4 Å². The molecule has 9 nitrogen and oxygen atoms in total. The summed E-state index contributed by atoms with van der Waals surface area (Å²) in [6, 6.07) is 7.84. The minimum atomic E-state index is -0.947. The zero-order valence-corrected chi connectivity index (χ0v) is 17.3. The molecule has 2 aromatic rings. The number of carbonyl (C=O) groups is 3. The first-order chi connectivity index (χ1) is 14.3. The van der Waals surface area contributed by atoms with E-state index in [0.717, 1.165) is 0 Å². The van der Waals surface area contributed by atoms with Gasteiger partial charge in [0.25, 0.3) is 5.91 Å². The van der Waals surface area contributed by atoms with Gasteiger partial charge in [-0.1, -0.05) is 0 Å². The summed E-state index contributed by atoms with van der Waals surface area (Å²) in [5.74, 6) is -0.521. The van der Waals surface area contributed by atoms with Crippen molar-refractivity contribution in [1.82, 2.24) is 5.32 Å². The van der Waals surface area contributed by atoms with Crippen molar-refractivity contribution in [3.8, 4) is 23.0 Å². The van der Waals surface area contributed by atoms with E-state index < -0.39 is 23.9 Å². The van der Waals surface area contributed by atoms with Gasteiger partial charge in [0, 0.05) is 5.56 Å². The molecule has 1 N–H and O–H groups in total. The number of methoxy groups -OCH3 is 4. The van der Waals surface area contributed by atoms with Crippen molar-refractivity contribution >= 4 is 17.8 Å². The van der Waals surface area contributed by atoms with Crippen LogP contribution in [0, 0.1) is 0 Å². The summed E-state index contributed by atoms with van der Waals surface area (Å²) in [7, 11) is 5.60. The molecule has 0 spiro atoms. The Bertz CT molecular complexity index is 898. The highest BCUT2D eigenvalue weighted by Crippen LogP contribution is 2.38. The van der Waals surface area contributed by atoms with Crippen LogP contribution in [0.3, 0.4) is 0 Å². The monoisotopic (exact) mass is 417 g/mol. The highest BCUT2D eigenvalue weighted by atomic mass is 16.5. The topological polar surface area (TPSA) is 109 Å². The van der Waals surface area contributed by atoms with Crippen molar-refractivity contribution in [3.05, 3.63) is 47.5 Å². The van der Waals surface area contributed by atoms with Crippen LogP contribution in [0.4, 0.5) is 0 Å². The van der Waals surface area contributed by atoms with E-state index in [1.54, 1.807) is 0 Å². The molecule has 0 unspecified atom stereocenters. The highest BCUT2D eigenvalue weighted by Gasteiger charge is 2.22. The minimum absolute atomic E-state index is 0.214. The normalized spacial score (nSPS) is 11.1. The molecule has 0 bridgehead atoms. The van der Waals surface area contributed by atoms with E-state index >= 15 is 0 Å². The molecule has 30 heavy (non-hydrogen) atoms. The summed E-state index contributed by atoms with van der Waals surface area (Å²) >= 11 is 0. The van der Waals surface area contributed by atoms with Crippen molar-refractivity contribution in [2.45, 2.75) is 13.0 Å². The summed E-state index contributed by atoms with van der Waals surface area (Å²) < 4.78 is 25.5. The SMILES string of the molecule is COC(=O)c1ccc(OC(=O)[C@H](C)NC(=O)c2cc(OC)c(OC)c(OC)c2)cc1. The molecule has 0 aliphatic rings. The molecule has 0 fully saturated rings. The van der Waals surface area contributed by atoms with Crippen molar-refractivity contribution < 1.29 is 38.1 Å². The predicted molar refractivity (Wildman–Crippen MR) is 106 cm³/mol. The summed E-state index contributed by atoms with van der Waals surface area (Å²) in [5, 5.41) is 2.56. The first-order valence-electron chi connectivity index (χ1n) is 8.85. The molecule has 0 radical (unpaired) electrons. The molecular weight excluding hydrogens is 394 g/mol. The van der Waals surface area contributed by atoms with Gasteiger partial charge >= 0.3 is 11.9 Å². The number of nitrogens with one attached hydrogen (secondary N) is 1. The van der Waals surface area contributed by atoms with Gasteiger partial charge in [-0.25, -0.2) is 9.59 Å². The average molecular weight is 417 g/mol. The Morgan fingerprint density at radius 2 is 1.40 bits per heavy atom. The maximum Gasteiger partial charge on any atom is 0.337 e. The lowest BCUT2D eigenvalue weighted by atomic mass is 10.1. The third-order valence-electron chi connectivity index (χ3n) is 4.12. The molecule has 0 saturated carbocycles. The number of rotatable bonds is 8. The second-order valence-electron chi connectivity index (χ2n) is 6.05. The average Bonchev–Trinajstić information content (AvgIpc) is 2.77. The van der Waals surface area contributed by atoms with Crippen molar-refractivity contribution in [2.75, 3.05) is 28.4 Å². The van der Waals surface area contributed by atoms with Crippen LogP contribution in [0.5, 0.6) is 23.0 Å². The Morgan fingerprint density at radius 3 is 1.87 bits per heavy atom. The first-order valence-corrected chi connectivity index (χ1v) is 8.85. The lowest BCUT2D eigenvalue weighted by Crippen LogP contribution is -2.40. The van der Waals surface area contributed by atoms with E-state index in [2.05, 4.69) is 10.1 Å². The fourth-order valence-electron chi connectivity index (χ4n) is 2.53. The van der Waals surface area contributed by atoms with Crippen LogP contribution in [0.2, 0.25) is 0 Å². The van der Waals surface area contributed by atoms with Crippen LogP contribution in [-0.2, 0) is 9.53 Å². The van der Waals surface area contributed by atoms with Gasteiger partial charge in [-0.05, 0) is 43.3 Å². The second-order valence-corrected chi connectivity index (χ2v) is 6.05. The number of esters is 2. The molecule has 2 rings (SSSR count). The molecule has 160 valence electrons. The van der Waals surface area contributed by atoms with E-state index in [4.69, 9.17) is 18.9 Å². The van der Waals surface area contributed by atoms with Gasteiger partial charge in [-0.3, -0.25) is 4.79 Å². The van der Waals surface area contributed by atoms with Crippen LogP contribution >= 0.6 is 0 Å². The van der Waals surface area contributed by atoms with Crippen molar-refractivity contribution in [1.29, 1.82) is 0 Å². The van der Waals surface area contributed by atoms with Crippen molar-refractivity contribution in [3.63, 3.8) is 0 Å². The van der Waals surface area contributed by atoms with E-state index in [1.165, 1.54) is 71.8 Å². The fraction of sp³-hybridized carbons (Fsp3) is 0.286. The number of carbonyl (C=O) groups excluding carboxylic acids is 3. The van der Waals surface area contributed by atoms with Gasteiger partial charge in [-0.15, -0.1) is 0 Å². The van der Waals surface area contributed by atoms with Gasteiger partial charge in [-0.2, -0.15) is 0 Å². The summed E-state index contributed by atoms with van der Waals surface area (Å²) in [6.07, 6.45) is 0. The van der Waals surface area contributed by atoms with E-state index in [-0.39, 0.29) is 11.3 Å². The Kier molecular flexibility index (Phi) is 7.62. The van der Waals surface area contributed by atoms with Gasteiger partial charge in [0.1, 0.15) is 11.8 Å². The lowest BCUT2D eigenvalue weighted by molar-refractivity contribution is -0.136. The molecule has 1 atom stereocenters. The summed E-state index contributed by atoms with van der Waals surface area (Å²) in [6.45, 7) is 1.49. The van der Waals surface area contributed by atoms with Crippen LogP contribution in [0.15, 0.2) is 36.4 Å². The van der Waals surface area contributed by atoms with Crippen LogP contribution in [0.1, 0.15) is 27.6 Å². The first kappa shape index (κ1) is 22.5. The molecule has 2 aromatic carbocycles. The van der Waals surface area contributed by atoms with Gasteiger partial charge in [0.2, 0.25) is 5.75 Å². The molecular formula is C21H23NO8. The predicted octanol–water partition coefficient (Wildman–Crippen LogP) is 2.22. The van der Waals surface area contributed by atoms with E-state index in [1.807, 2.05) is 0 Å². The zero-order valence-electron chi connectivity index (χ0n) is 17.3. The number of benzene rings is 2. The van der Waals surface area contributed by atoms with Crippen LogP contribution in [0.25, 0.3) is 0 Å². The summed E-state index contributed by atoms with van der Waals surface area (Å²) in [5.41, 5.74) is 0.535. The Morgan fingerprint density at radius 1 is 0.833 bits per heavy atom. The number of hydrogen-bond donors (Lipinski definition) is 1. The Hall–Kier alpha value is -3.75. The number of hydrogen-bond acceptors (Lipinski definition) is 8. The standard InChI is InChI=1S/C21H23NO8/c1-12(20(24)30-15-8-6-13(7-9-15)21(25)29-5)22-19(23)14-10-16(26-2)18(28-4)17(11-14)27-3/h6-12H,1-5H3,(H,22,23)/t12-/m0/s1. The molecule has 1 amide bonds. The third kappa shape index (κ3) is 5.19. The molecule has 0 aliphatic heterocycles. The smallest absolute Gasteiger partial charge is 0.337 e. The molecule has 0 aliphatic carbocycles. The summed E-state index contributed by atoms with van der Waals surface area (Å²) in [4.78, 5) is 36.3. The van der Waals surface area contributed by atoms with Crippen LogP contribution in [-0.4, -0.2) is 52.3 Å². The Labute approximate surface area is 173 Å². The van der Waals surface area contributed by atoms with Crippen LogP contribution < -0.4 is 24.3 Å². The fourth-order valence-corrected chi connectivity index (χ4v) is 2.53. The zero-order chi connectivity index (χ0) is 22.3. The molecule has 0 saturated heterocycles. The molecule has 9 heteroatoms. The lowest BCUT2D eigenvalue weighted by Gasteiger charge is -2.16. The highest BCUT2D eigenvalue weighted by molar-refractivity contribution is 5.98. The minimum Gasteiger partial charge on any atom is -0.493 e. The number of ether oxygens (including phenoxy) is 5.